The third-order valence-corrected chi connectivity index (χ3v) is 5.48. The lowest BCUT2D eigenvalue weighted by molar-refractivity contribution is 0.0939. The first-order valence-corrected chi connectivity index (χ1v) is 11.2. The van der Waals surface area contributed by atoms with Crippen LogP contribution in [-0.4, -0.2) is 60.5 Å². The van der Waals surface area contributed by atoms with Crippen LogP contribution in [0, 0.1) is 0 Å². The van der Waals surface area contributed by atoms with Gasteiger partial charge in [0.2, 0.25) is 0 Å². The number of halogens is 1. The minimum atomic E-state index is -0.0299. The fourth-order valence-electron chi connectivity index (χ4n) is 3.50. The summed E-state index contributed by atoms with van der Waals surface area (Å²) in [7, 11) is 0. The smallest absolute Gasteiger partial charge is 0.251 e. The Morgan fingerprint density at radius 3 is 2.56 bits per heavy atom. The van der Waals surface area contributed by atoms with E-state index >= 15 is 0 Å². The zero-order valence-corrected chi connectivity index (χ0v) is 21.6. The number of hydrogen-bond acceptors (Lipinski definition) is 4. The molecule has 7 nitrogen and oxygen atoms in total. The fourth-order valence-corrected chi connectivity index (χ4v) is 3.50. The topological polar surface area (TPSA) is 72.9 Å². The molecule has 1 fully saturated rings. The van der Waals surface area contributed by atoms with Gasteiger partial charge in [0.1, 0.15) is 5.82 Å². The van der Waals surface area contributed by atoms with Gasteiger partial charge in [0.05, 0.1) is 6.54 Å². The van der Waals surface area contributed by atoms with Crippen LogP contribution in [0.1, 0.15) is 43.1 Å². The zero-order valence-electron chi connectivity index (χ0n) is 19.3. The highest BCUT2D eigenvalue weighted by Gasteiger charge is 2.20. The average molecular weight is 550 g/mol. The van der Waals surface area contributed by atoms with Crippen LogP contribution in [0.5, 0.6) is 0 Å². The maximum atomic E-state index is 12.4. The Kier molecular flexibility index (Phi) is 10.7. The van der Waals surface area contributed by atoms with Gasteiger partial charge in [0, 0.05) is 50.5 Å². The molecule has 1 aromatic heterocycles. The fraction of sp³-hybridized carbons (Fsp3) is 0.458. The van der Waals surface area contributed by atoms with Crippen molar-refractivity contribution in [3.8, 4) is 0 Å². The molecule has 1 saturated heterocycles. The van der Waals surface area contributed by atoms with Gasteiger partial charge in [-0.1, -0.05) is 25.1 Å². The first-order chi connectivity index (χ1) is 15.1. The van der Waals surface area contributed by atoms with Crippen LogP contribution in [0.4, 0.5) is 5.82 Å². The second kappa shape index (κ2) is 13.2. The molecule has 174 valence electrons. The molecule has 1 amide bonds. The average Bonchev–Trinajstić information content (AvgIpc) is 2.82. The number of pyridine rings is 1. The number of anilines is 1. The molecule has 0 saturated carbocycles. The maximum absolute atomic E-state index is 12.4. The van der Waals surface area contributed by atoms with Crippen molar-refractivity contribution in [2.45, 2.75) is 39.8 Å². The number of benzene rings is 1. The number of carbonyl (C=O) groups excluding carboxylic acids is 1. The number of piperazine rings is 1. The Balaban J connectivity index is 0.00000363. The summed E-state index contributed by atoms with van der Waals surface area (Å²) in [6.07, 6.45) is 2.75. The highest BCUT2D eigenvalue weighted by Crippen LogP contribution is 2.13. The summed E-state index contributed by atoms with van der Waals surface area (Å²) in [6.45, 7) is 11.1. The molecular formula is C24H35IN6O. The Morgan fingerprint density at radius 2 is 1.91 bits per heavy atom. The van der Waals surface area contributed by atoms with Gasteiger partial charge in [0.25, 0.3) is 5.91 Å². The number of amides is 1. The maximum Gasteiger partial charge on any atom is 0.251 e. The molecule has 3 rings (SSSR count). The van der Waals surface area contributed by atoms with E-state index in [-0.39, 0.29) is 35.9 Å². The van der Waals surface area contributed by atoms with Crippen molar-refractivity contribution in [1.82, 2.24) is 20.5 Å². The summed E-state index contributed by atoms with van der Waals surface area (Å²) >= 11 is 0. The number of carbonyl (C=O) groups is 1. The van der Waals surface area contributed by atoms with Gasteiger partial charge in [-0.05, 0) is 50.1 Å². The van der Waals surface area contributed by atoms with E-state index in [1.807, 2.05) is 49.5 Å². The summed E-state index contributed by atoms with van der Waals surface area (Å²) in [6, 6.07) is 13.9. The monoisotopic (exact) mass is 550 g/mol. The van der Waals surface area contributed by atoms with E-state index in [0.717, 1.165) is 56.5 Å². The molecule has 0 bridgehead atoms. The number of hydrogen-bond donors (Lipinski definition) is 2. The lowest BCUT2D eigenvalue weighted by Gasteiger charge is -2.37. The molecule has 0 spiro atoms. The van der Waals surface area contributed by atoms with E-state index in [2.05, 4.69) is 45.3 Å². The molecule has 2 aromatic rings. The van der Waals surface area contributed by atoms with Crippen molar-refractivity contribution in [3.05, 3.63) is 59.8 Å². The van der Waals surface area contributed by atoms with Crippen LogP contribution in [0.2, 0.25) is 0 Å². The second-order valence-corrected chi connectivity index (χ2v) is 7.82. The molecule has 1 aliphatic heterocycles. The van der Waals surface area contributed by atoms with Crippen molar-refractivity contribution in [2.24, 2.45) is 4.99 Å². The van der Waals surface area contributed by atoms with E-state index in [1.54, 1.807) is 0 Å². The van der Waals surface area contributed by atoms with Crippen LogP contribution in [-0.2, 0) is 6.54 Å². The van der Waals surface area contributed by atoms with E-state index in [0.29, 0.717) is 12.1 Å². The minimum Gasteiger partial charge on any atom is -0.357 e. The first-order valence-electron chi connectivity index (χ1n) is 11.2. The summed E-state index contributed by atoms with van der Waals surface area (Å²) in [5, 5.41) is 6.43. The Morgan fingerprint density at radius 1 is 1.12 bits per heavy atom. The van der Waals surface area contributed by atoms with Crippen molar-refractivity contribution in [3.63, 3.8) is 0 Å². The van der Waals surface area contributed by atoms with Gasteiger partial charge >= 0.3 is 0 Å². The van der Waals surface area contributed by atoms with E-state index in [1.165, 1.54) is 0 Å². The highest BCUT2D eigenvalue weighted by molar-refractivity contribution is 14.0. The van der Waals surface area contributed by atoms with Crippen molar-refractivity contribution < 1.29 is 4.79 Å². The molecule has 0 radical (unpaired) electrons. The molecule has 32 heavy (non-hydrogen) atoms. The van der Waals surface area contributed by atoms with Gasteiger partial charge in [-0.15, -0.1) is 24.0 Å². The number of aromatic nitrogens is 1. The Hall–Kier alpha value is -2.36. The summed E-state index contributed by atoms with van der Waals surface area (Å²) in [5.41, 5.74) is 1.71. The van der Waals surface area contributed by atoms with Crippen molar-refractivity contribution in [2.75, 3.05) is 37.6 Å². The van der Waals surface area contributed by atoms with Crippen LogP contribution in [0.3, 0.4) is 0 Å². The normalized spacial score (nSPS) is 15.0. The van der Waals surface area contributed by atoms with Gasteiger partial charge in [-0.25, -0.2) is 9.98 Å². The number of guanidine groups is 1. The third-order valence-electron chi connectivity index (χ3n) is 5.48. The van der Waals surface area contributed by atoms with Gasteiger partial charge in [-0.3, -0.25) is 4.79 Å². The molecule has 2 N–H and O–H groups in total. The summed E-state index contributed by atoms with van der Waals surface area (Å²) in [4.78, 5) is 26.3. The number of aliphatic imine (C=N–C) groups is 1. The largest absolute Gasteiger partial charge is 0.357 e. The first kappa shape index (κ1) is 25.9. The Bertz CT molecular complexity index is 868. The number of nitrogens with one attached hydrogen (secondary N) is 2. The van der Waals surface area contributed by atoms with E-state index < -0.39 is 0 Å². The van der Waals surface area contributed by atoms with Crippen LogP contribution in [0.25, 0.3) is 0 Å². The molecule has 1 aliphatic rings. The predicted molar refractivity (Wildman–Crippen MR) is 142 cm³/mol. The molecule has 2 heterocycles. The molecule has 1 unspecified atom stereocenters. The van der Waals surface area contributed by atoms with Crippen LogP contribution >= 0.6 is 24.0 Å². The molecule has 0 aliphatic carbocycles. The standard InChI is InChI=1S/C24H34N6O.HI/c1-4-19(3)28-23(31)21-10-8-9-20(17-21)18-27-24(25-5-2)30-15-13-29(14-16-30)22-11-6-7-12-26-22;/h6-12,17,19H,4-5,13-16,18H2,1-3H3,(H,25,27)(H,28,31);1H. The molecule has 1 aromatic carbocycles. The van der Waals surface area contributed by atoms with Crippen LogP contribution in [0.15, 0.2) is 53.7 Å². The SMILES string of the molecule is CCNC(=NCc1cccc(C(=O)NC(C)CC)c1)N1CCN(c2ccccn2)CC1.I. The van der Waals surface area contributed by atoms with Crippen molar-refractivity contribution >= 4 is 41.7 Å². The quantitative estimate of drug-likeness (QED) is 0.314. The third kappa shape index (κ3) is 7.36. The molecule has 1 atom stereocenters. The van der Waals surface area contributed by atoms with E-state index in [9.17, 15) is 4.79 Å². The van der Waals surface area contributed by atoms with Gasteiger partial charge < -0.3 is 20.4 Å². The predicted octanol–water partition coefficient (Wildman–Crippen LogP) is 3.52. The zero-order chi connectivity index (χ0) is 22.1. The number of nitrogens with zero attached hydrogens (tertiary/aromatic N) is 4. The minimum absolute atomic E-state index is 0. The highest BCUT2D eigenvalue weighted by atomic mass is 127. The lowest BCUT2D eigenvalue weighted by atomic mass is 10.1. The molecule has 8 heteroatoms. The second-order valence-electron chi connectivity index (χ2n) is 7.82. The summed E-state index contributed by atoms with van der Waals surface area (Å²) in [5.74, 6) is 1.91. The van der Waals surface area contributed by atoms with Crippen molar-refractivity contribution in [1.29, 1.82) is 0 Å². The van der Waals surface area contributed by atoms with E-state index in [4.69, 9.17) is 4.99 Å². The van der Waals surface area contributed by atoms with Gasteiger partial charge in [0.15, 0.2) is 5.96 Å². The molecular weight excluding hydrogens is 515 g/mol. The Labute approximate surface area is 208 Å². The van der Waals surface area contributed by atoms with Gasteiger partial charge in [-0.2, -0.15) is 0 Å². The van der Waals surface area contributed by atoms with Crippen LogP contribution < -0.4 is 15.5 Å². The number of rotatable bonds is 7. The lowest BCUT2D eigenvalue weighted by Crippen LogP contribution is -2.52. The summed E-state index contributed by atoms with van der Waals surface area (Å²) < 4.78 is 0.